The van der Waals surface area contributed by atoms with Crippen LogP contribution >= 0.6 is 0 Å². The molecule has 2 aromatic carbocycles. The number of nitrogens with two attached hydrogens (primary N) is 1. The molecule has 0 aromatic heterocycles. The first-order valence-electron chi connectivity index (χ1n) is 8.85. The Morgan fingerprint density at radius 2 is 1.83 bits per heavy atom. The first kappa shape index (κ1) is 20.1. The molecule has 1 aliphatic rings. The highest BCUT2D eigenvalue weighted by Crippen LogP contribution is 2.23. The zero-order valence-electron chi connectivity index (χ0n) is 15.4. The lowest BCUT2D eigenvalue weighted by Crippen LogP contribution is -2.50. The molecule has 0 bridgehead atoms. The number of nitrogens with zero attached hydrogens (tertiary/aromatic N) is 3. The van der Waals surface area contributed by atoms with Crippen LogP contribution in [-0.4, -0.2) is 54.5 Å². The van der Waals surface area contributed by atoms with E-state index in [1.165, 1.54) is 23.1 Å². The lowest BCUT2D eigenvalue weighted by atomic mass is 10.2. The number of benzene rings is 2. The van der Waals surface area contributed by atoms with E-state index in [1.807, 2.05) is 4.90 Å². The summed E-state index contributed by atoms with van der Waals surface area (Å²) in [6.07, 6.45) is 0. The van der Waals surface area contributed by atoms with Crippen molar-refractivity contribution >= 4 is 28.9 Å². The first-order valence-corrected chi connectivity index (χ1v) is 8.85. The fourth-order valence-corrected chi connectivity index (χ4v) is 3.04. The van der Waals surface area contributed by atoms with Crippen molar-refractivity contribution in [1.82, 2.24) is 4.90 Å². The minimum atomic E-state index is -0.855. The Morgan fingerprint density at radius 3 is 2.48 bits per heavy atom. The molecule has 152 valence electrons. The highest BCUT2D eigenvalue weighted by molar-refractivity contribution is 5.92. The van der Waals surface area contributed by atoms with Gasteiger partial charge < -0.3 is 20.3 Å². The van der Waals surface area contributed by atoms with Crippen molar-refractivity contribution < 1.29 is 23.6 Å². The van der Waals surface area contributed by atoms with Gasteiger partial charge in [0.05, 0.1) is 16.2 Å². The maximum absolute atomic E-state index is 13.9. The summed E-state index contributed by atoms with van der Waals surface area (Å²) in [6.45, 7) is 1.13. The fourth-order valence-electron chi connectivity index (χ4n) is 3.04. The van der Waals surface area contributed by atoms with Gasteiger partial charge in [0.2, 0.25) is 0 Å². The largest absolute Gasteiger partial charge is 0.452 e. The lowest BCUT2D eigenvalue weighted by Gasteiger charge is -2.36. The number of hydrogen-bond donors (Lipinski definition) is 1. The first-order chi connectivity index (χ1) is 13.9. The molecule has 2 N–H and O–H groups in total. The maximum atomic E-state index is 13.9. The summed E-state index contributed by atoms with van der Waals surface area (Å²) in [5.74, 6) is -1.57. The average molecular weight is 402 g/mol. The third-order valence-electron chi connectivity index (χ3n) is 4.62. The minimum Gasteiger partial charge on any atom is -0.452 e. The standard InChI is InChI=1S/C19H19FN4O5/c20-14-3-1-2-4-16(14)22-7-9-23(10-8-22)18(25)12-29-19(26)13-5-6-15(21)17(11-13)24(27)28/h1-6,11H,7-10,12,21H2. The van der Waals surface area contributed by atoms with Gasteiger partial charge in [-0.2, -0.15) is 0 Å². The van der Waals surface area contributed by atoms with Gasteiger partial charge in [-0.3, -0.25) is 14.9 Å². The SMILES string of the molecule is Nc1ccc(C(=O)OCC(=O)N2CCN(c3ccccc3F)CC2)cc1[N+](=O)[O-]. The van der Waals surface area contributed by atoms with E-state index >= 15 is 0 Å². The smallest absolute Gasteiger partial charge is 0.338 e. The highest BCUT2D eigenvalue weighted by atomic mass is 19.1. The Morgan fingerprint density at radius 1 is 1.14 bits per heavy atom. The summed E-state index contributed by atoms with van der Waals surface area (Å²) >= 11 is 0. The summed E-state index contributed by atoms with van der Waals surface area (Å²) in [6, 6.07) is 9.96. The van der Waals surface area contributed by atoms with Gasteiger partial charge in [0.1, 0.15) is 11.5 Å². The van der Waals surface area contributed by atoms with Crippen LogP contribution in [0.2, 0.25) is 0 Å². The number of ether oxygens (including phenoxy) is 1. The lowest BCUT2D eigenvalue weighted by molar-refractivity contribution is -0.383. The molecule has 1 amide bonds. The Bertz CT molecular complexity index is 944. The number of nitro benzene ring substituents is 1. The topological polar surface area (TPSA) is 119 Å². The molecule has 1 fully saturated rings. The van der Waals surface area contributed by atoms with Crippen molar-refractivity contribution in [2.45, 2.75) is 0 Å². The number of nitrogen functional groups attached to an aromatic ring is 1. The number of halogens is 1. The van der Waals surface area contributed by atoms with Gasteiger partial charge >= 0.3 is 5.97 Å². The average Bonchev–Trinajstić information content (AvgIpc) is 2.72. The van der Waals surface area contributed by atoms with Crippen LogP contribution in [0.3, 0.4) is 0 Å². The molecule has 0 unspecified atom stereocenters. The number of carbonyl (C=O) groups is 2. The third kappa shape index (κ3) is 4.60. The van der Waals surface area contributed by atoms with Gasteiger partial charge in [0.25, 0.3) is 11.6 Å². The molecule has 1 heterocycles. The summed E-state index contributed by atoms with van der Waals surface area (Å²) in [4.78, 5) is 38.0. The molecule has 0 atom stereocenters. The normalized spacial score (nSPS) is 13.8. The van der Waals surface area contributed by atoms with Crippen LogP contribution in [0, 0.1) is 15.9 Å². The molecule has 1 aliphatic heterocycles. The van der Waals surface area contributed by atoms with E-state index in [0.717, 1.165) is 6.07 Å². The molecule has 3 rings (SSSR count). The maximum Gasteiger partial charge on any atom is 0.338 e. The molecule has 2 aromatic rings. The van der Waals surface area contributed by atoms with Gasteiger partial charge in [0, 0.05) is 32.2 Å². The number of anilines is 2. The van der Waals surface area contributed by atoms with E-state index in [9.17, 15) is 24.1 Å². The minimum absolute atomic E-state index is 0.0666. The quantitative estimate of drug-likeness (QED) is 0.351. The zero-order valence-corrected chi connectivity index (χ0v) is 15.4. The van der Waals surface area contributed by atoms with Crippen LogP contribution in [0.15, 0.2) is 42.5 Å². The Kier molecular flexibility index (Phi) is 5.91. The fraction of sp³-hybridized carbons (Fsp3) is 0.263. The number of para-hydroxylation sites is 1. The zero-order chi connectivity index (χ0) is 21.0. The molecule has 1 saturated heterocycles. The second kappa shape index (κ2) is 8.55. The van der Waals surface area contributed by atoms with Crippen molar-refractivity contribution in [3.8, 4) is 0 Å². The van der Waals surface area contributed by atoms with Crippen LogP contribution in [0.1, 0.15) is 10.4 Å². The summed E-state index contributed by atoms with van der Waals surface area (Å²) in [5, 5.41) is 10.9. The monoisotopic (exact) mass is 402 g/mol. The molecule has 0 aliphatic carbocycles. The summed E-state index contributed by atoms with van der Waals surface area (Å²) in [5.41, 5.74) is 5.43. The van der Waals surface area contributed by atoms with E-state index in [1.54, 1.807) is 18.2 Å². The summed E-state index contributed by atoms with van der Waals surface area (Å²) in [7, 11) is 0. The molecule has 0 radical (unpaired) electrons. The van der Waals surface area contributed by atoms with Gasteiger partial charge in [-0.05, 0) is 24.3 Å². The number of nitro groups is 1. The molecule has 29 heavy (non-hydrogen) atoms. The van der Waals surface area contributed by atoms with Crippen molar-refractivity contribution in [1.29, 1.82) is 0 Å². The predicted octanol–water partition coefficient (Wildman–Crippen LogP) is 1.82. The second-order valence-electron chi connectivity index (χ2n) is 6.43. The van der Waals surface area contributed by atoms with Gasteiger partial charge in [-0.1, -0.05) is 12.1 Å². The predicted molar refractivity (Wildman–Crippen MR) is 103 cm³/mol. The van der Waals surface area contributed by atoms with Gasteiger partial charge in [-0.25, -0.2) is 9.18 Å². The van der Waals surface area contributed by atoms with Gasteiger partial charge in [0.15, 0.2) is 6.61 Å². The molecule has 10 heteroatoms. The molecular weight excluding hydrogens is 383 g/mol. The molecule has 9 nitrogen and oxygen atoms in total. The van der Waals surface area contributed by atoms with Crippen LogP contribution in [0.4, 0.5) is 21.5 Å². The molecule has 0 spiro atoms. The molecule has 0 saturated carbocycles. The van der Waals surface area contributed by atoms with E-state index in [4.69, 9.17) is 10.5 Å². The Balaban J connectivity index is 1.53. The summed E-state index contributed by atoms with van der Waals surface area (Å²) < 4.78 is 18.9. The Labute approximate surface area is 165 Å². The van der Waals surface area contributed by atoms with Crippen LogP contribution in [0.5, 0.6) is 0 Å². The third-order valence-corrected chi connectivity index (χ3v) is 4.62. The Hall–Kier alpha value is -3.69. The number of carbonyl (C=O) groups excluding carboxylic acids is 2. The van der Waals surface area contributed by atoms with E-state index in [0.29, 0.717) is 31.9 Å². The number of hydrogen-bond acceptors (Lipinski definition) is 7. The van der Waals surface area contributed by atoms with Gasteiger partial charge in [-0.15, -0.1) is 0 Å². The van der Waals surface area contributed by atoms with Crippen molar-refractivity contribution in [3.63, 3.8) is 0 Å². The van der Waals surface area contributed by atoms with Crippen LogP contribution in [-0.2, 0) is 9.53 Å². The second-order valence-corrected chi connectivity index (χ2v) is 6.43. The van der Waals surface area contributed by atoms with Crippen molar-refractivity contribution in [3.05, 3.63) is 64.0 Å². The number of esters is 1. The van der Waals surface area contributed by atoms with E-state index in [2.05, 4.69) is 0 Å². The number of amides is 1. The number of rotatable bonds is 5. The highest BCUT2D eigenvalue weighted by Gasteiger charge is 2.24. The van der Waals surface area contributed by atoms with Crippen LogP contribution < -0.4 is 10.6 Å². The van der Waals surface area contributed by atoms with Crippen molar-refractivity contribution in [2.75, 3.05) is 43.4 Å². The van der Waals surface area contributed by atoms with Crippen molar-refractivity contribution in [2.24, 2.45) is 0 Å². The van der Waals surface area contributed by atoms with E-state index < -0.39 is 29.1 Å². The van der Waals surface area contributed by atoms with Crippen LogP contribution in [0.25, 0.3) is 0 Å². The molecular formula is C19H19FN4O5. The number of piperazine rings is 1. The van der Waals surface area contributed by atoms with E-state index in [-0.39, 0.29) is 17.1 Å².